The van der Waals surface area contributed by atoms with E-state index in [2.05, 4.69) is 11.2 Å². The van der Waals surface area contributed by atoms with Gasteiger partial charge in [0.1, 0.15) is 17.4 Å². The van der Waals surface area contributed by atoms with E-state index in [1.54, 1.807) is 23.9 Å². The fraction of sp³-hybridized carbons (Fsp3) is 0.0667. The lowest BCUT2D eigenvalue weighted by atomic mass is 10.1. The van der Waals surface area contributed by atoms with Crippen LogP contribution in [0.25, 0.3) is 0 Å². The van der Waals surface area contributed by atoms with Crippen molar-refractivity contribution in [2.45, 2.75) is 10.6 Å². The van der Waals surface area contributed by atoms with Gasteiger partial charge in [0, 0.05) is 18.7 Å². The Balaban J connectivity index is 2.13. The van der Waals surface area contributed by atoms with Gasteiger partial charge in [0.15, 0.2) is 0 Å². The third kappa shape index (κ3) is 3.69. The van der Waals surface area contributed by atoms with Crippen LogP contribution in [0.4, 0.5) is 0 Å². The molecule has 0 bridgehead atoms. The molecule has 0 saturated heterocycles. The topological polar surface area (TPSA) is 26.3 Å². The van der Waals surface area contributed by atoms with E-state index >= 15 is 0 Å². The SMILES string of the molecule is [CH2+]c1cccc(SCc2ccccc2C(=O)OCl)c1. The van der Waals surface area contributed by atoms with E-state index in [9.17, 15) is 4.79 Å². The molecule has 0 heterocycles. The highest BCUT2D eigenvalue weighted by Crippen LogP contribution is 2.25. The smallest absolute Gasteiger partial charge is 0.343 e. The zero-order valence-electron chi connectivity index (χ0n) is 10.1. The molecule has 0 aliphatic heterocycles. The molecule has 2 rings (SSSR count). The summed E-state index contributed by atoms with van der Waals surface area (Å²) >= 11 is 6.77. The van der Waals surface area contributed by atoms with Crippen LogP contribution in [0, 0.1) is 6.92 Å². The highest BCUT2D eigenvalue weighted by molar-refractivity contribution is 7.98. The molecule has 2 aromatic carbocycles. The van der Waals surface area contributed by atoms with Gasteiger partial charge in [-0.2, -0.15) is 0 Å². The lowest BCUT2D eigenvalue weighted by Crippen LogP contribution is -2.02. The summed E-state index contributed by atoms with van der Waals surface area (Å²) < 4.78 is 4.26. The molecule has 0 atom stereocenters. The van der Waals surface area contributed by atoms with Crippen molar-refractivity contribution in [3.05, 3.63) is 72.1 Å². The molecule has 4 heteroatoms. The molecule has 0 aliphatic rings. The minimum Gasteiger partial charge on any atom is -0.343 e. The highest BCUT2D eigenvalue weighted by atomic mass is 35.5. The summed E-state index contributed by atoms with van der Waals surface area (Å²) in [5, 5.41) is 0. The van der Waals surface area contributed by atoms with E-state index in [1.165, 1.54) is 0 Å². The normalized spacial score (nSPS) is 10.2. The third-order valence-corrected chi connectivity index (χ3v) is 3.78. The van der Waals surface area contributed by atoms with Crippen molar-refractivity contribution < 1.29 is 9.08 Å². The van der Waals surface area contributed by atoms with Gasteiger partial charge in [-0.25, -0.2) is 4.79 Å². The number of halogens is 1. The summed E-state index contributed by atoms with van der Waals surface area (Å²) in [5.74, 6) is 0.148. The van der Waals surface area contributed by atoms with Crippen LogP contribution in [-0.2, 0) is 10.0 Å². The molecule has 0 radical (unpaired) electrons. The molecule has 96 valence electrons. The summed E-state index contributed by atoms with van der Waals surface area (Å²) in [6.45, 7) is 3.89. The fourth-order valence-electron chi connectivity index (χ4n) is 1.68. The second-order valence-electron chi connectivity index (χ2n) is 3.96. The predicted molar refractivity (Wildman–Crippen MR) is 78.2 cm³/mol. The van der Waals surface area contributed by atoms with Crippen molar-refractivity contribution in [1.29, 1.82) is 0 Å². The Morgan fingerprint density at radius 2 is 2.00 bits per heavy atom. The van der Waals surface area contributed by atoms with Crippen molar-refractivity contribution in [1.82, 2.24) is 0 Å². The average molecular weight is 292 g/mol. The lowest BCUT2D eigenvalue weighted by Gasteiger charge is -2.05. The largest absolute Gasteiger partial charge is 0.356 e. The summed E-state index contributed by atoms with van der Waals surface area (Å²) in [7, 11) is 0. The minimum atomic E-state index is -0.524. The molecule has 2 aromatic rings. The summed E-state index contributed by atoms with van der Waals surface area (Å²) in [5.41, 5.74) is 2.36. The molecule has 0 N–H and O–H groups in total. The summed E-state index contributed by atoms with van der Waals surface area (Å²) in [4.78, 5) is 12.6. The molecule has 2 nitrogen and oxygen atoms in total. The standard InChI is InChI=1S/C15H12ClO2S/c1-11-5-4-7-13(9-11)19-10-12-6-2-3-8-14(12)15(17)18-16/h2-9H,1,10H2/q+1. The molecule has 19 heavy (non-hydrogen) atoms. The molecule has 0 unspecified atom stereocenters. The average Bonchev–Trinajstić information content (AvgIpc) is 2.45. The number of rotatable bonds is 4. The van der Waals surface area contributed by atoms with Gasteiger partial charge in [-0.3, -0.25) is 0 Å². The van der Waals surface area contributed by atoms with E-state index < -0.39 is 5.97 Å². The molecule has 0 aromatic heterocycles. The van der Waals surface area contributed by atoms with Gasteiger partial charge in [0.25, 0.3) is 0 Å². The van der Waals surface area contributed by atoms with Crippen molar-refractivity contribution in [2.24, 2.45) is 0 Å². The van der Waals surface area contributed by atoms with Gasteiger partial charge in [-0.05, 0) is 23.8 Å². The van der Waals surface area contributed by atoms with Crippen LogP contribution in [0.1, 0.15) is 21.5 Å². The Kier molecular flexibility index (Phi) is 4.77. The zero-order valence-corrected chi connectivity index (χ0v) is 11.7. The third-order valence-electron chi connectivity index (χ3n) is 2.60. The van der Waals surface area contributed by atoms with Crippen LogP contribution in [0.2, 0.25) is 0 Å². The number of benzene rings is 2. The van der Waals surface area contributed by atoms with Crippen LogP contribution >= 0.6 is 23.6 Å². The first-order valence-electron chi connectivity index (χ1n) is 5.66. The lowest BCUT2D eigenvalue weighted by molar-refractivity contribution is 0.0750. The van der Waals surface area contributed by atoms with Gasteiger partial charge in [0.2, 0.25) is 0 Å². The Morgan fingerprint density at radius 1 is 1.21 bits per heavy atom. The van der Waals surface area contributed by atoms with E-state index in [4.69, 9.17) is 11.9 Å². The quantitative estimate of drug-likeness (QED) is 0.614. The van der Waals surface area contributed by atoms with Crippen molar-refractivity contribution in [3.8, 4) is 0 Å². The van der Waals surface area contributed by atoms with Gasteiger partial charge in [-0.15, -0.1) is 11.8 Å². The van der Waals surface area contributed by atoms with Gasteiger partial charge >= 0.3 is 5.97 Å². The molecule has 0 spiro atoms. The number of hydrogen-bond donors (Lipinski definition) is 0. The number of thioether (sulfide) groups is 1. The predicted octanol–water partition coefficient (Wildman–Crippen LogP) is 4.47. The summed E-state index contributed by atoms with van der Waals surface area (Å²) in [6, 6.07) is 15.2. The molecular weight excluding hydrogens is 280 g/mol. The Labute approximate surface area is 121 Å². The fourth-order valence-corrected chi connectivity index (χ4v) is 2.75. The van der Waals surface area contributed by atoms with Gasteiger partial charge in [-0.1, -0.05) is 18.2 Å². The minimum absolute atomic E-state index is 0.496. The van der Waals surface area contributed by atoms with Crippen LogP contribution in [0.15, 0.2) is 53.4 Å². The first-order chi connectivity index (χ1) is 9.20. The summed E-state index contributed by atoms with van der Waals surface area (Å²) in [6.07, 6.45) is 0. The zero-order chi connectivity index (χ0) is 13.7. The Hall–Kier alpha value is -1.58. The first kappa shape index (κ1) is 13.8. The second kappa shape index (κ2) is 6.55. The maximum Gasteiger partial charge on any atom is 0.356 e. The maximum atomic E-state index is 11.5. The molecule has 0 amide bonds. The maximum absolute atomic E-state index is 11.5. The highest BCUT2D eigenvalue weighted by Gasteiger charge is 2.12. The van der Waals surface area contributed by atoms with Crippen LogP contribution in [0.3, 0.4) is 0 Å². The van der Waals surface area contributed by atoms with Gasteiger partial charge in [0.05, 0.1) is 16.5 Å². The van der Waals surface area contributed by atoms with Crippen molar-refractivity contribution >= 4 is 29.6 Å². The van der Waals surface area contributed by atoms with Gasteiger partial charge < -0.3 is 4.29 Å². The first-order valence-corrected chi connectivity index (χ1v) is 6.96. The van der Waals surface area contributed by atoms with E-state index in [0.717, 1.165) is 16.0 Å². The van der Waals surface area contributed by atoms with E-state index in [0.29, 0.717) is 11.3 Å². The van der Waals surface area contributed by atoms with E-state index in [-0.39, 0.29) is 0 Å². The Bertz CT molecular complexity index is 584. The number of hydrogen-bond acceptors (Lipinski definition) is 3. The Morgan fingerprint density at radius 3 is 2.74 bits per heavy atom. The molecular formula is C15H12ClO2S+. The molecule has 0 aliphatic carbocycles. The van der Waals surface area contributed by atoms with Crippen molar-refractivity contribution in [2.75, 3.05) is 0 Å². The van der Waals surface area contributed by atoms with Crippen LogP contribution in [0.5, 0.6) is 0 Å². The van der Waals surface area contributed by atoms with E-state index in [1.807, 2.05) is 36.4 Å². The van der Waals surface area contributed by atoms with Crippen LogP contribution in [-0.4, -0.2) is 5.97 Å². The number of carbonyl (C=O) groups is 1. The second-order valence-corrected chi connectivity index (χ2v) is 5.16. The number of carbonyl (C=O) groups excluding carboxylic acids is 1. The monoisotopic (exact) mass is 291 g/mol. The molecule has 0 saturated carbocycles. The molecule has 0 fully saturated rings. The van der Waals surface area contributed by atoms with Crippen LogP contribution < -0.4 is 0 Å². The van der Waals surface area contributed by atoms with Crippen molar-refractivity contribution in [3.63, 3.8) is 0 Å².